The second-order valence-corrected chi connectivity index (χ2v) is 6.76. The molecule has 2 rings (SSSR count). The van der Waals surface area contributed by atoms with Crippen LogP contribution in [0, 0.1) is 11.8 Å². The third kappa shape index (κ3) is 4.48. The molecule has 0 saturated heterocycles. The Morgan fingerprint density at radius 3 is 2.32 bits per heavy atom. The maximum atomic E-state index is 12.4. The number of nitrogens with one attached hydrogen (secondary N) is 1. The minimum Gasteiger partial charge on any atom is -0.353 e. The first-order chi connectivity index (χ1) is 9.16. The van der Waals surface area contributed by atoms with Crippen molar-refractivity contribution in [1.82, 2.24) is 10.2 Å². The van der Waals surface area contributed by atoms with Gasteiger partial charge in [-0.15, -0.1) is 0 Å². The van der Waals surface area contributed by atoms with Gasteiger partial charge in [0.2, 0.25) is 5.91 Å². The predicted octanol–water partition coefficient (Wildman–Crippen LogP) is 2.80. The minimum atomic E-state index is 0.302. The molecule has 2 saturated carbocycles. The molecule has 0 aromatic heterocycles. The number of rotatable bonds is 4. The number of amides is 1. The summed E-state index contributed by atoms with van der Waals surface area (Å²) in [5, 5.41) is 3.38. The van der Waals surface area contributed by atoms with Crippen LogP contribution >= 0.6 is 0 Å². The van der Waals surface area contributed by atoms with Crippen molar-refractivity contribution in [2.45, 2.75) is 63.8 Å². The normalized spacial score (nSPS) is 29.4. The lowest BCUT2D eigenvalue weighted by Gasteiger charge is -2.35. The lowest BCUT2D eigenvalue weighted by molar-refractivity contribution is -0.127. The molecule has 0 aromatic rings. The van der Waals surface area contributed by atoms with E-state index in [0.29, 0.717) is 23.8 Å². The van der Waals surface area contributed by atoms with E-state index in [0.717, 1.165) is 19.4 Å². The molecule has 0 radical (unpaired) electrons. The van der Waals surface area contributed by atoms with Gasteiger partial charge >= 0.3 is 0 Å². The first kappa shape index (κ1) is 14.8. The molecule has 0 bridgehead atoms. The van der Waals surface area contributed by atoms with E-state index in [9.17, 15) is 4.79 Å². The van der Waals surface area contributed by atoms with E-state index in [1.807, 2.05) is 0 Å². The molecule has 0 heterocycles. The summed E-state index contributed by atoms with van der Waals surface area (Å²) in [6, 6.07) is 0.422. The van der Waals surface area contributed by atoms with Crippen LogP contribution in [0.4, 0.5) is 0 Å². The van der Waals surface area contributed by atoms with E-state index < -0.39 is 0 Å². The summed E-state index contributed by atoms with van der Waals surface area (Å²) in [5.41, 5.74) is 0. The van der Waals surface area contributed by atoms with E-state index in [4.69, 9.17) is 0 Å². The van der Waals surface area contributed by atoms with E-state index in [1.54, 1.807) is 0 Å². The molecule has 3 nitrogen and oxygen atoms in total. The van der Waals surface area contributed by atoms with E-state index in [2.05, 4.69) is 24.3 Å². The van der Waals surface area contributed by atoms with Crippen molar-refractivity contribution in [2.24, 2.45) is 11.8 Å². The number of hydrogen-bond acceptors (Lipinski definition) is 2. The molecule has 19 heavy (non-hydrogen) atoms. The van der Waals surface area contributed by atoms with Crippen molar-refractivity contribution in [3.8, 4) is 0 Å². The summed E-state index contributed by atoms with van der Waals surface area (Å²) >= 11 is 0. The van der Waals surface area contributed by atoms with Gasteiger partial charge in [-0.1, -0.05) is 32.1 Å². The quantitative estimate of drug-likeness (QED) is 0.848. The Morgan fingerprint density at radius 1 is 1.00 bits per heavy atom. The van der Waals surface area contributed by atoms with Crippen LogP contribution < -0.4 is 5.32 Å². The summed E-state index contributed by atoms with van der Waals surface area (Å²) in [6.45, 7) is 1.11. The average Bonchev–Trinajstić information content (AvgIpc) is 2.41. The molecular formula is C16H30N2O. The smallest absolute Gasteiger partial charge is 0.223 e. The highest BCUT2D eigenvalue weighted by Crippen LogP contribution is 2.27. The summed E-state index contributed by atoms with van der Waals surface area (Å²) in [5.74, 6) is 1.29. The molecular weight excluding hydrogens is 236 g/mol. The van der Waals surface area contributed by atoms with Gasteiger partial charge in [-0.3, -0.25) is 4.79 Å². The van der Waals surface area contributed by atoms with Crippen LogP contribution in [0.5, 0.6) is 0 Å². The van der Waals surface area contributed by atoms with Crippen LogP contribution in [0.3, 0.4) is 0 Å². The number of carbonyl (C=O) groups excluding carboxylic acids is 1. The third-order valence-electron chi connectivity index (χ3n) is 4.81. The summed E-state index contributed by atoms with van der Waals surface area (Å²) in [6.07, 6.45) is 11.1. The van der Waals surface area contributed by atoms with E-state index in [-0.39, 0.29) is 0 Å². The van der Waals surface area contributed by atoms with Gasteiger partial charge < -0.3 is 10.2 Å². The Bertz CT molecular complexity index is 284. The van der Waals surface area contributed by atoms with Crippen LogP contribution in [0.25, 0.3) is 0 Å². The number of hydrogen-bond donors (Lipinski definition) is 1. The fourth-order valence-electron chi connectivity index (χ4n) is 3.75. The molecule has 3 heteroatoms. The summed E-state index contributed by atoms with van der Waals surface area (Å²) < 4.78 is 0. The summed E-state index contributed by atoms with van der Waals surface area (Å²) in [7, 11) is 4.27. The molecule has 1 amide bonds. The van der Waals surface area contributed by atoms with Crippen molar-refractivity contribution in [3.05, 3.63) is 0 Å². The number of carbonyl (C=O) groups is 1. The standard InChI is InChI=1S/C16H30N2O/c1-18(2)12-14-10-6-7-11-15(14)17-16(19)13-8-4-3-5-9-13/h13-15H,3-12H2,1-2H3,(H,17,19). The van der Waals surface area contributed by atoms with Gasteiger partial charge in [-0.05, 0) is 45.7 Å². The van der Waals surface area contributed by atoms with Crippen molar-refractivity contribution >= 4 is 5.91 Å². The van der Waals surface area contributed by atoms with Crippen molar-refractivity contribution in [3.63, 3.8) is 0 Å². The lowest BCUT2D eigenvalue weighted by atomic mass is 9.83. The maximum absolute atomic E-state index is 12.4. The molecule has 2 aliphatic rings. The second kappa shape index (κ2) is 7.28. The summed E-state index contributed by atoms with van der Waals surface area (Å²) in [4.78, 5) is 14.6. The van der Waals surface area contributed by atoms with Gasteiger partial charge in [0, 0.05) is 18.5 Å². The van der Waals surface area contributed by atoms with Crippen LogP contribution in [-0.4, -0.2) is 37.5 Å². The second-order valence-electron chi connectivity index (χ2n) is 6.76. The Balaban J connectivity index is 1.85. The van der Waals surface area contributed by atoms with Gasteiger partial charge in [0.25, 0.3) is 0 Å². The van der Waals surface area contributed by atoms with E-state index >= 15 is 0 Å². The van der Waals surface area contributed by atoms with Crippen LogP contribution in [-0.2, 0) is 4.79 Å². The van der Waals surface area contributed by atoms with Crippen LogP contribution in [0.2, 0.25) is 0 Å². The van der Waals surface area contributed by atoms with E-state index in [1.165, 1.54) is 44.9 Å². The molecule has 0 aliphatic heterocycles. The molecule has 2 atom stereocenters. The Labute approximate surface area is 118 Å². The van der Waals surface area contributed by atoms with Crippen molar-refractivity contribution < 1.29 is 4.79 Å². The monoisotopic (exact) mass is 266 g/mol. The maximum Gasteiger partial charge on any atom is 0.223 e. The first-order valence-electron chi connectivity index (χ1n) is 8.12. The van der Waals surface area contributed by atoms with Gasteiger partial charge in [0.05, 0.1) is 0 Å². The van der Waals surface area contributed by atoms with Gasteiger partial charge in [0.15, 0.2) is 0 Å². The average molecular weight is 266 g/mol. The highest BCUT2D eigenvalue weighted by molar-refractivity contribution is 5.79. The Morgan fingerprint density at radius 2 is 1.63 bits per heavy atom. The lowest BCUT2D eigenvalue weighted by Crippen LogP contribution is -2.47. The van der Waals surface area contributed by atoms with Gasteiger partial charge in [-0.25, -0.2) is 0 Å². The number of nitrogens with zero attached hydrogens (tertiary/aromatic N) is 1. The molecule has 0 spiro atoms. The highest BCUT2D eigenvalue weighted by Gasteiger charge is 2.29. The van der Waals surface area contributed by atoms with Crippen LogP contribution in [0.15, 0.2) is 0 Å². The molecule has 2 fully saturated rings. The minimum absolute atomic E-state index is 0.302. The predicted molar refractivity (Wildman–Crippen MR) is 79.0 cm³/mol. The van der Waals surface area contributed by atoms with Crippen molar-refractivity contribution in [2.75, 3.05) is 20.6 Å². The molecule has 110 valence electrons. The zero-order valence-corrected chi connectivity index (χ0v) is 12.7. The van der Waals surface area contributed by atoms with Crippen molar-refractivity contribution in [1.29, 1.82) is 0 Å². The van der Waals surface area contributed by atoms with Crippen LogP contribution in [0.1, 0.15) is 57.8 Å². The SMILES string of the molecule is CN(C)CC1CCCCC1NC(=O)C1CCCCC1. The molecule has 1 N–H and O–H groups in total. The topological polar surface area (TPSA) is 32.3 Å². The zero-order valence-electron chi connectivity index (χ0n) is 12.7. The highest BCUT2D eigenvalue weighted by atomic mass is 16.1. The fourth-order valence-corrected chi connectivity index (χ4v) is 3.75. The molecule has 2 unspecified atom stereocenters. The van der Waals surface area contributed by atoms with Gasteiger partial charge in [-0.2, -0.15) is 0 Å². The molecule has 2 aliphatic carbocycles. The Kier molecular flexibility index (Phi) is 5.68. The fraction of sp³-hybridized carbons (Fsp3) is 0.938. The van der Waals surface area contributed by atoms with Gasteiger partial charge in [0.1, 0.15) is 0 Å². The molecule has 0 aromatic carbocycles. The Hall–Kier alpha value is -0.570. The third-order valence-corrected chi connectivity index (χ3v) is 4.81. The largest absolute Gasteiger partial charge is 0.353 e. The first-order valence-corrected chi connectivity index (χ1v) is 8.12. The zero-order chi connectivity index (χ0) is 13.7.